The van der Waals surface area contributed by atoms with E-state index in [1.165, 1.54) is 5.01 Å². The molecule has 0 aliphatic carbocycles. The van der Waals surface area contributed by atoms with E-state index in [1.807, 2.05) is 5.38 Å². The lowest BCUT2D eigenvalue weighted by molar-refractivity contribution is -0.119. The summed E-state index contributed by atoms with van der Waals surface area (Å²) >= 11 is 7.43. The van der Waals surface area contributed by atoms with Gasteiger partial charge in [-0.25, -0.2) is 4.98 Å². The molecule has 1 N–H and O–H groups in total. The number of carbonyl (C=O) groups excluding carboxylic acids is 1. The van der Waals surface area contributed by atoms with E-state index in [0.717, 1.165) is 44.6 Å². The van der Waals surface area contributed by atoms with Crippen molar-refractivity contribution in [3.8, 4) is 0 Å². The molecular weight excluding hydrogens is 282 g/mol. The molecule has 6 heteroatoms. The zero-order chi connectivity index (χ0) is 13.7. The summed E-state index contributed by atoms with van der Waals surface area (Å²) in [5.74, 6) is 0.573. The number of hydrogen-bond donors (Lipinski definition) is 1. The second-order valence-corrected chi connectivity index (χ2v) is 6.17. The summed E-state index contributed by atoms with van der Waals surface area (Å²) in [7, 11) is 0. The van der Waals surface area contributed by atoms with Gasteiger partial charge in [-0.2, -0.15) is 0 Å². The Bertz CT molecular complexity index is 424. The topological polar surface area (TPSA) is 45.2 Å². The SMILES string of the molecule is CC(=O)NC1CCN(CCCc2nc(CCl)cs2)C1. The fourth-order valence-corrected chi connectivity index (χ4v) is 3.49. The van der Waals surface area contributed by atoms with Crippen molar-refractivity contribution < 1.29 is 4.79 Å². The van der Waals surface area contributed by atoms with Crippen molar-refractivity contribution in [2.75, 3.05) is 19.6 Å². The largest absolute Gasteiger partial charge is 0.352 e. The van der Waals surface area contributed by atoms with E-state index in [0.29, 0.717) is 11.9 Å². The van der Waals surface area contributed by atoms with Crippen LogP contribution in [0.3, 0.4) is 0 Å². The van der Waals surface area contributed by atoms with Crippen molar-refractivity contribution in [3.63, 3.8) is 0 Å². The van der Waals surface area contributed by atoms with Gasteiger partial charge in [0.2, 0.25) is 5.91 Å². The predicted octanol–water partition coefficient (Wildman–Crippen LogP) is 2.02. The van der Waals surface area contributed by atoms with E-state index in [2.05, 4.69) is 15.2 Å². The molecule has 1 atom stereocenters. The number of rotatable bonds is 6. The standard InChI is InChI=1S/C13H20ClN3OS/c1-10(18)15-11-4-6-17(8-11)5-2-3-13-16-12(7-14)9-19-13/h9,11H,2-8H2,1H3,(H,15,18). The molecule has 1 aromatic heterocycles. The van der Waals surface area contributed by atoms with Crippen LogP contribution >= 0.6 is 22.9 Å². The molecule has 0 saturated carbocycles. The maximum atomic E-state index is 11.0. The number of aryl methyl sites for hydroxylation is 1. The third-order valence-electron chi connectivity index (χ3n) is 3.28. The van der Waals surface area contributed by atoms with Gasteiger partial charge in [0.25, 0.3) is 0 Å². The van der Waals surface area contributed by atoms with Crippen molar-refractivity contribution in [1.82, 2.24) is 15.2 Å². The van der Waals surface area contributed by atoms with E-state index in [9.17, 15) is 4.79 Å². The second-order valence-electron chi connectivity index (χ2n) is 4.96. The van der Waals surface area contributed by atoms with Gasteiger partial charge in [-0.1, -0.05) is 0 Å². The molecule has 0 radical (unpaired) electrons. The molecule has 1 aliphatic heterocycles. The number of aromatic nitrogens is 1. The van der Waals surface area contributed by atoms with E-state index in [-0.39, 0.29) is 5.91 Å². The molecule has 1 aromatic rings. The first-order valence-corrected chi connectivity index (χ1v) is 8.07. The quantitative estimate of drug-likeness (QED) is 0.818. The predicted molar refractivity (Wildman–Crippen MR) is 78.7 cm³/mol. The Hall–Kier alpha value is -0.650. The molecule has 106 valence electrons. The van der Waals surface area contributed by atoms with Crippen LogP contribution in [0, 0.1) is 0 Å². The molecule has 0 bridgehead atoms. The number of nitrogens with zero attached hydrogens (tertiary/aromatic N) is 2. The highest BCUT2D eigenvalue weighted by Crippen LogP contribution is 2.15. The van der Waals surface area contributed by atoms with Crippen molar-refractivity contribution in [1.29, 1.82) is 0 Å². The Kier molecular flexibility index (Phi) is 5.60. The normalized spacial score (nSPS) is 19.8. The lowest BCUT2D eigenvalue weighted by Gasteiger charge is -2.15. The Morgan fingerprint density at radius 3 is 3.21 bits per heavy atom. The highest BCUT2D eigenvalue weighted by Gasteiger charge is 2.22. The summed E-state index contributed by atoms with van der Waals surface area (Å²) in [5, 5.41) is 6.19. The number of likely N-dealkylation sites (tertiary alicyclic amines) is 1. The van der Waals surface area contributed by atoms with Gasteiger partial charge in [-0.15, -0.1) is 22.9 Å². The van der Waals surface area contributed by atoms with E-state index >= 15 is 0 Å². The van der Waals surface area contributed by atoms with Gasteiger partial charge in [0, 0.05) is 37.9 Å². The molecule has 1 amide bonds. The number of nitrogens with one attached hydrogen (secondary N) is 1. The number of hydrogen-bond acceptors (Lipinski definition) is 4. The van der Waals surface area contributed by atoms with Gasteiger partial charge in [-0.3, -0.25) is 4.79 Å². The molecule has 1 saturated heterocycles. The van der Waals surface area contributed by atoms with Crippen molar-refractivity contribution >= 4 is 28.8 Å². The molecular formula is C13H20ClN3OS. The Morgan fingerprint density at radius 2 is 2.53 bits per heavy atom. The van der Waals surface area contributed by atoms with E-state index in [4.69, 9.17) is 11.6 Å². The fourth-order valence-electron chi connectivity index (χ4n) is 2.42. The third kappa shape index (κ3) is 4.75. The first-order chi connectivity index (χ1) is 9.17. The smallest absolute Gasteiger partial charge is 0.217 e. The maximum Gasteiger partial charge on any atom is 0.217 e. The Morgan fingerprint density at radius 1 is 1.68 bits per heavy atom. The zero-order valence-electron chi connectivity index (χ0n) is 11.2. The lowest BCUT2D eigenvalue weighted by atomic mass is 10.2. The summed E-state index contributed by atoms with van der Waals surface area (Å²) in [5.41, 5.74) is 0.980. The van der Waals surface area contributed by atoms with Crippen molar-refractivity contribution in [2.45, 2.75) is 38.1 Å². The average molecular weight is 302 g/mol. The lowest BCUT2D eigenvalue weighted by Crippen LogP contribution is -2.35. The highest BCUT2D eigenvalue weighted by atomic mass is 35.5. The summed E-state index contributed by atoms with van der Waals surface area (Å²) in [6.45, 7) is 4.71. The van der Waals surface area contributed by atoms with Crippen LogP contribution in [0.15, 0.2) is 5.38 Å². The number of amides is 1. The van der Waals surface area contributed by atoms with Crippen LogP contribution < -0.4 is 5.32 Å². The van der Waals surface area contributed by atoms with Crippen molar-refractivity contribution in [3.05, 3.63) is 16.1 Å². The summed E-state index contributed by atoms with van der Waals surface area (Å²) < 4.78 is 0. The minimum absolute atomic E-state index is 0.0724. The van der Waals surface area contributed by atoms with Crippen LogP contribution in [0.25, 0.3) is 0 Å². The summed E-state index contributed by atoms with van der Waals surface area (Å²) in [6, 6.07) is 0.334. The average Bonchev–Trinajstić information content (AvgIpc) is 2.98. The maximum absolute atomic E-state index is 11.0. The van der Waals surface area contributed by atoms with Crippen LogP contribution in [0.2, 0.25) is 0 Å². The minimum Gasteiger partial charge on any atom is -0.352 e. The molecule has 19 heavy (non-hydrogen) atoms. The Balaban J connectivity index is 1.65. The number of halogens is 1. The molecule has 2 rings (SSSR count). The van der Waals surface area contributed by atoms with Crippen LogP contribution in [-0.2, 0) is 17.1 Å². The van der Waals surface area contributed by atoms with Crippen LogP contribution in [-0.4, -0.2) is 41.5 Å². The molecule has 1 unspecified atom stereocenters. The number of thiazole rings is 1. The van der Waals surface area contributed by atoms with Gasteiger partial charge in [-0.05, 0) is 19.4 Å². The molecule has 0 spiro atoms. The molecule has 1 aliphatic rings. The third-order valence-corrected chi connectivity index (χ3v) is 4.51. The summed E-state index contributed by atoms with van der Waals surface area (Å²) in [6.07, 6.45) is 3.19. The van der Waals surface area contributed by atoms with Gasteiger partial charge in [0.15, 0.2) is 0 Å². The van der Waals surface area contributed by atoms with Crippen molar-refractivity contribution in [2.24, 2.45) is 0 Å². The minimum atomic E-state index is 0.0724. The van der Waals surface area contributed by atoms with Gasteiger partial charge >= 0.3 is 0 Å². The second kappa shape index (κ2) is 7.22. The first kappa shape index (κ1) is 14.8. The number of carbonyl (C=O) groups is 1. The monoisotopic (exact) mass is 301 g/mol. The Labute approximate surface area is 123 Å². The molecule has 1 fully saturated rings. The van der Waals surface area contributed by atoms with Gasteiger partial charge < -0.3 is 10.2 Å². The van der Waals surface area contributed by atoms with E-state index in [1.54, 1.807) is 18.3 Å². The van der Waals surface area contributed by atoms with Crippen LogP contribution in [0.5, 0.6) is 0 Å². The fraction of sp³-hybridized carbons (Fsp3) is 0.692. The highest BCUT2D eigenvalue weighted by molar-refractivity contribution is 7.09. The zero-order valence-corrected chi connectivity index (χ0v) is 12.8. The molecule has 0 aromatic carbocycles. The first-order valence-electron chi connectivity index (χ1n) is 6.66. The van der Waals surface area contributed by atoms with Crippen LogP contribution in [0.1, 0.15) is 30.5 Å². The van der Waals surface area contributed by atoms with Gasteiger partial charge in [0.1, 0.15) is 0 Å². The number of alkyl halides is 1. The molecule has 2 heterocycles. The van der Waals surface area contributed by atoms with Gasteiger partial charge in [0.05, 0.1) is 16.6 Å². The summed E-state index contributed by atoms with van der Waals surface area (Å²) in [4.78, 5) is 17.9. The van der Waals surface area contributed by atoms with Crippen LogP contribution in [0.4, 0.5) is 0 Å². The molecule has 4 nitrogen and oxygen atoms in total. The van der Waals surface area contributed by atoms with E-state index < -0.39 is 0 Å².